The highest BCUT2D eigenvalue weighted by atomic mass is 16.8. The zero-order valence-electron chi connectivity index (χ0n) is 26.3. The molecule has 0 aromatic heterocycles. The quantitative estimate of drug-likeness (QED) is 0.174. The van der Waals surface area contributed by atoms with Crippen molar-refractivity contribution < 1.29 is 57.5 Å². The fraction of sp³-hybridized carbons (Fsp3) is 0.324. The lowest BCUT2D eigenvalue weighted by molar-refractivity contribution is -1.04. The van der Waals surface area contributed by atoms with Gasteiger partial charge in [0.15, 0.2) is 25.2 Å². The van der Waals surface area contributed by atoms with E-state index in [0.717, 1.165) is 0 Å². The number of carbonyl (C=O) groups is 5. The Bertz CT molecular complexity index is 1610. The molecule has 4 rings (SSSR count). The predicted octanol–water partition coefficient (Wildman–Crippen LogP) is 3.30. The topological polar surface area (TPSA) is 167 Å². The summed E-state index contributed by atoms with van der Waals surface area (Å²) in [5, 5.41) is 15.3. The van der Waals surface area contributed by atoms with Crippen molar-refractivity contribution in [2.75, 3.05) is 40.9 Å². The second kappa shape index (κ2) is 15.9. The molecule has 2 unspecified atom stereocenters. The Morgan fingerprint density at radius 1 is 0.809 bits per heavy atom. The Labute approximate surface area is 271 Å². The fourth-order valence-electron chi connectivity index (χ4n) is 5.10. The number of hydrogen-bond acceptors (Lipinski definition) is 11. The van der Waals surface area contributed by atoms with Crippen molar-refractivity contribution >= 4 is 29.5 Å². The van der Waals surface area contributed by atoms with Crippen LogP contribution in [0, 0.1) is 0 Å². The first kappa shape index (κ1) is 34.8. The number of benzene rings is 3. The van der Waals surface area contributed by atoms with Gasteiger partial charge in [0.2, 0.25) is 0 Å². The Hall–Kier alpha value is -5.11. The molecule has 0 radical (unpaired) electrons. The van der Waals surface area contributed by atoms with Gasteiger partial charge in [0.1, 0.15) is 24.6 Å². The lowest BCUT2D eigenvalue weighted by atomic mass is 9.98. The van der Waals surface area contributed by atoms with E-state index in [1.54, 1.807) is 24.3 Å². The summed E-state index contributed by atoms with van der Waals surface area (Å²) in [6.07, 6.45) is -0.181. The van der Waals surface area contributed by atoms with Gasteiger partial charge in [-0.15, -0.1) is 0 Å². The summed E-state index contributed by atoms with van der Waals surface area (Å²) in [7, 11) is 2.92. The van der Waals surface area contributed by atoms with E-state index in [-0.39, 0.29) is 54.9 Å². The van der Waals surface area contributed by atoms with Gasteiger partial charge in [-0.2, -0.15) is 0 Å². The maximum atomic E-state index is 13.4. The third-order valence-electron chi connectivity index (χ3n) is 7.57. The number of amides is 2. The number of quaternary nitrogens is 1. The van der Waals surface area contributed by atoms with Crippen LogP contribution in [0.3, 0.4) is 0 Å². The average Bonchev–Trinajstić information content (AvgIpc) is 3.28. The first-order valence-electron chi connectivity index (χ1n) is 14.8. The van der Waals surface area contributed by atoms with Crippen LogP contribution in [0.4, 0.5) is 4.79 Å². The SMILES string of the molecule is COCOc1ccc(C(=O)NC2CCCC[N+](OC(=O)c3ccc(C(=O)c4cc(C(C)=O)ccc4OCOC)cc3)(C(=O)[O-])C2)cc1. The van der Waals surface area contributed by atoms with Gasteiger partial charge < -0.3 is 34.2 Å². The van der Waals surface area contributed by atoms with E-state index in [0.29, 0.717) is 36.1 Å². The maximum absolute atomic E-state index is 13.4. The summed E-state index contributed by atoms with van der Waals surface area (Å²) < 4.78 is 19.5. The van der Waals surface area contributed by atoms with Crippen LogP contribution < -0.4 is 19.9 Å². The van der Waals surface area contributed by atoms with Crippen LogP contribution in [-0.2, 0) is 14.3 Å². The molecule has 13 nitrogen and oxygen atoms in total. The van der Waals surface area contributed by atoms with E-state index >= 15 is 0 Å². The molecule has 1 N–H and O–H groups in total. The van der Waals surface area contributed by atoms with E-state index in [2.05, 4.69) is 5.32 Å². The van der Waals surface area contributed by atoms with E-state index in [1.807, 2.05) is 0 Å². The number of rotatable bonds is 12. The summed E-state index contributed by atoms with van der Waals surface area (Å²) in [4.78, 5) is 69.6. The van der Waals surface area contributed by atoms with Gasteiger partial charge in [-0.05, 0) is 74.4 Å². The van der Waals surface area contributed by atoms with Crippen molar-refractivity contribution in [3.05, 3.63) is 94.5 Å². The summed E-state index contributed by atoms with van der Waals surface area (Å²) in [5.41, 5.74) is 0.951. The molecular weight excluding hydrogens is 612 g/mol. The lowest BCUT2D eigenvalue weighted by Crippen LogP contribution is -2.63. The normalized spacial score (nSPS) is 17.6. The Morgan fingerprint density at radius 3 is 2.06 bits per heavy atom. The third-order valence-corrected chi connectivity index (χ3v) is 7.57. The van der Waals surface area contributed by atoms with Gasteiger partial charge in [0, 0.05) is 37.3 Å². The van der Waals surface area contributed by atoms with E-state index in [9.17, 15) is 29.1 Å². The molecule has 1 saturated heterocycles. The molecule has 13 heteroatoms. The Kier molecular flexibility index (Phi) is 11.8. The van der Waals surface area contributed by atoms with Crippen LogP contribution in [0.2, 0.25) is 0 Å². The van der Waals surface area contributed by atoms with Crippen LogP contribution in [0.15, 0.2) is 66.7 Å². The van der Waals surface area contributed by atoms with Crippen LogP contribution in [-0.4, -0.2) is 81.1 Å². The number of nitrogens with one attached hydrogen (secondary N) is 1. The molecule has 1 aliphatic rings. The molecule has 3 aromatic rings. The van der Waals surface area contributed by atoms with Gasteiger partial charge in [0.05, 0.1) is 17.2 Å². The minimum atomic E-state index is -1.63. The molecule has 3 aromatic carbocycles. The summed E-state index contributed by atoms with van der Waals surface area (Å²) >= 11 is 0. The van der Waals surface area contributed by atoms with E-state index < -0.39 is 34.4 Å². The van der Waals surface area contributed by atoms with Gasteiger partial charge in [-0.1, -0.05) is 16.8 Å². The predicted molar refractivity (Wildman–Crippen MR) is 164 cm³/mol. The van der Waals surface area contributed by atoms with Gasteiger partial charge in [-0.3, -0.25) is 19.2 Å². The fourth-order valence-corrected chi connectivity index (χ4v) is 5.10. The minimum absolute atomic E-state index is 0.00532. The smallest absolute Gasteiger partial charge is 0.398 e. The van der Waals surface area contributed by atoms with E-state index in [4.69, 9.17) is 23.8 Å². The van der Waals surface area contributed by atoms with Crippen molar-refractivity contribution in [1.29, 1.82) is 0 Å². The van der Waals surface area contributed by atoms with E-state index in [1.165, 1.54) is 63.6 Å². The van der Waals surface area contributed by atoms with Gasteiger partial charge >= 0.3 is 12.1 Å². The minimum Gasteiger partial charge on any atom is -0.495 e. The largest absolute Gasteiger partial charge is 0.495 e. The molecule has 2 amide bonds. The van der Waals surface area contributed by atoms with Crippen molar-refractivity contribution in [1.82, 2.24) is 5.32 Å². The molecule has 0 aliphatic carbocycles. The summed E-state index contributed by atoms with van der Waals surface area (Å²) in [5.74, 6) is -1.37. The number of nitrogens with zero attached hydrogens (tertiary/aromatic N) is 1. The number of ether oxygens (including phenoxy) is 4. The average molecular weight is 649 g/mol. The van der Waals surface area contributed by atoms with Crippen molar-refractivity contribution in [3.63, 3.8) is 0 Å². The molecular formula is C34H36N2O11. The Morgan fingerprint density at radius 2 is 1.43 bits per heavy atom. The molecule has 1 fully saturated rings. The standard InChI is InChI=1S/C34H36N2O11/c1-22(37)26-13-16-30(46-21-44-3)29(18-26)31(38)23-7-9-25(10-8-23)33(40)47-36(34(41)42)17-5-4-6-27(19-36)35-32(39)24-11-14-28(15-12-24)45-20-43-2/h7-16,18,27H,4-6,17,19-21H2,1-3H3,(H-,35,39,41,42). The Balaban J connectivity index is 1.48. The van der Waals surface area contributed by atoms with Gasteiger partial charge in [-0.25, -0.2) is 4.79 Å². The number of carboxylic acid groups (broad SMARTS) is 1. The van der Waals surface area contributed by atoms with Crippen molar-refractivity contribution in [2.45, 2.75) is 32.2 Å². The molecule has 0 saturated carbocycles. The lowest BCUT2D eigenvalue weighted by Gasteiger charge is -2.34. The molecule has 1 heterocycles. The van der Waals surface area contributed by atoms with Crippen LogP contribution in [0.25, 0.3) is 0 Å². The van der Waals surface area contributed by atoms with Crippen LogP contribution in [0.5, 0.6) is 11.5 Å². The second-order valence-electron chi connectivity index (χ2n) is 10.9. The highest BCUT2D eigenvalue weighted by Crippen LogP contribution is 2.26. The second-order valence-corrected chi connectivity index (χ2v) is 10.9. The van der Waals surface area contributed by atoms with Crippen molar-refractivity contribution in [2.24, 2.45) is 0 Å². The van der Waals surface area contributed by atoms with Crippen molar-refractivity contribution in [3.8, 4) is 11.5 Å². The number of methoxy groups -OCH3 is 2. The zero-order chi connectivity index (χ0) is 34.0. The highest BCUT2D eigenvalue weighted by molar-refractivity contribution is 6.12. The third kappa shape index (κ3) is 8.79. The van der Waals surface area contributed by atoms with Crippen LogP contribution >= 0.6 is 0 Å². The van der Waals surface area contributed by atoms with Gasteiger partial charge in [0.25, 0.3) is 5.91 Å². The number of carbonyl (C=O) groups excluding carboxylic acids is 5. The molecule has 248 valence electrons. The molecule has 0 bridgehead atoms. The molecule has 47 heavy (non-hydrogen) atoms. The van der Waals surface area contributed by atoms with Crippen LogP contribution in [0.1, 0.15) is 73.2 Å². The summed E-state index contributed by atoms with van der Waals surface area (Å²) in [6, 6.07) is 15.6. The first-order valence-corrected chi connectivity index (χ1v) is 14.8. The number of ketones is 2. The number of hydrogen-bond donors (Lipinski definition) is 1. The number of hydroxylamine groups is 3. The summed E-state index contributed by atoms with van der Waals surface area (Å²) in [6.45, 7) is 1.01. The first-order chi connectivity index (χ1) is 22.6. The molecule has 0 spiro atoms. The maximum Gasteiger partial charge on any atom is 0.398 e. The molecule has 1 aliphatic heterocycles. The highest BCUT2D eigenvalue weighted by Gasteiger charge is 2.41. The monoisotopic (exact) mass is 648 g/mol. The number of Topliss-reactive ketones (excluding diaryl/α,β-unsaturated/α-hetero) is 1. The molecule has 2 atom stereocenters. The number of likely N-dealkylation sites (tertiary alicyclic amines) is 1. The zero-order valence-corrected chi connectivity index (χ0v) is 26.3.